The molecule has 0 aromatic carbocycles. The van der Waals surface area contributed by atoms with E-state index in [9.17, 15) is 5.11 Å². The fourth-order valence-corrected chi connectivity index (χ4v) is 6.06. The Morgan fingerprint density at radius 2 is 2.06 bits per heavy atom. The molecule has 3 saturated carbocycles. The minimum Gasteiger partial charge on any atom is -0.390 e. The summed E-state index contributed by atoms with van der Waals surface area (Å²) in [6.07, 6.45) is 7.68. The quantitative estimate of drug-likeness (QED) is 0.639. The van der Waals surface area contributed by atoms with Gasteiger partial charge in [0, 0.05) is 5.41 Å². The fourth-order valence-electron chi connectivity index (χ4n) is 6.06. The molecule has 1 aliphatic heterocycles. The van der Waals surface area contributed by atoms with Crippen LogP contribution in [0, 0.1) is 16.7 Å². The molecule has 0 spiro atoms. The Labute approximate surface area is 97.4 Å². The number of hydrogen-bond acceptors (Lipinski definition) is 2. The number of rotatable bonds is 0. The SMILES string of the molecule is CC1CC[C@]23CCC[C@@]12C[C@H](O)[C@H]1O[C@]13C. The molecule has 2 nitrogen and oxygen atoms in total. The zero-order valence-electron chi connectivity index (χ0n) is 10.3. The first-order valence-corrected chi connectivity index (χ1v) is 6.92. The van der Waals surface area contributed by atoms with E-state index in [1.54, 1.807) is 0 Å². The van der Waals surface area contributed by atoms with Crippen LogP contribution in [0.3, 0.4) is 0 Å². The highest BCUT2D eigenvalue weighted by molar-refractivity contribution is 5.28. The molecule has 0 radical (unpaired) electrons. The Kier molecular flexibility index (Phi) is 1.55. The summed E-state index contributed by atoms with van der Waals surface area (Å²) in [6, 6.07) is 0. The van der Waals surface area contributed by atoms with E-state index in [0.29, 0.717) is 10.8 Å². The first-order valence-electron chi connectivity index (χ1n) is 6.92. The Balaban J connectivity index is 1.89. The van der Waals surface area contributed by atoms with Gasteiger partial charge < -0.3 is 9.84 Å². The fraction of sp³-hybridized carbons (Fsp3) is 1.00. The van der Waals surface area contributed by atoms with Gasteiger partial charge in [-0.3, -0.25) is 0 Å². The summed E-state index contributed by atoms with van der Waals surface area (Å²) in [5.41, 5.74) is 0.851. The van der Waals surface area contributed by atoms with E-state index < -0.39 is 0 Å². The molecule has 1 saturated heterocycles. The number of hydrogen-bond donors (Lipinski definition) is 1. The molecular weight excluding hydrogens is 200 g/mol. The molecule has 4 rings (SSSR count). The lowest BCUT2D eigenvalue weighted by atomic mass is 9.52. The van der Waals surface area contributed by atoms with Crippen molar-refractivity contribution in [3.8, 4) is 0 Å². The highest BCUT2D eigenvalue weighted by Crippen LogP contribution is 2.78. The molecular formula is C14H22O2. The third kappa shape index (κ3) is 0.743. The predicted molar refractivity (Wildman–Crippen MR) is 61.0 cm³/mol. The minimum absolute atomic E-state index is 0.0198. The summed E-state index contributed by atoms with van der Waals surface area (Å²) >= 11 is 0. The molecule has 0 bridgehead atoms. The second-order valence-corrected chi connectivity index (χ2v) is 6.95. The van der Waals surface area contributed by atoms with Crippen LogP contribution in [0.1, 0.15) is 52.4 Å². The normalized spacial score (nSPS) is 67.3. The second-order valence-electron chi connectivity index (χ2n) is 6.95. The van der Waals surface area contributed by atoms with Crippen molar-refractivity contribution < 1.29 is 9.84 Å². The molecule has 90 valence electrons. The first-order chi connectivity index (χ1) is 7.56. The van der Waals surface area contributed by atoms with Gasteiger partial charge in [0.1, 0.15) is 11.7 Å². The smallest absolute Gasteiger partial charge is 0.113 e. The summed E-state index contributed by atoms with van der Waals surface area (Å²) in [7, 11) is 0. The Morgan fingerprint density at radius 1 is 1.25 bits per heavy atom. The molecule has 16 heavy (non-hydrogen) atoms. The second kappa shape index (κ2) is 2.51. The van der Waals surface area contributed by atoms with Gasteiger partial charge in [-0.1, -0.05) is 13.3 Å². The molecule has 0 amide bonds. The van der Waals surface area contributed by atoms with Crippen molar-refractivity contribution in [2.75, 3.05) is 0 Å². The molecule has 3 aliphatic carbocycles. The van der Waals surface area contributed by atoms with Gasteiger partial charge in [-0.05, 0) is 50.4 Å². The van der Waals surface area contributed by atoms with Crippen LogP contribution in [-0.2, 0) is 4.74 Å². The highest BCUT2D eigenvalue weighted by Gasteiger charge is 2.80. The van der Waals surface area contributed by atoms with Gasteiger partial charge in [0.25, 0.3) is 0 Å². The maximum atomic E-state index is 10.3. The number of fused-ring (bicyclic) bond motifs is 1. The lowest BCUT2D eigenvalue weighted by Gasteiger charge is -2.50. The number of ether oxygens (including phenoxy) is 1. The van der Waals surface area contributed by atoms with E-state index in [-0.39, 0.29) is 17.8 Å². The van der Waals surface area contributed by atoms with Crippen molar-refractivity contribution in [1.82, 2.24) is 0 Å². The first kappa shape index (κ1) is 9.90. The molecule has 4 aliphatic rings. The maximum absolute atomic E-state index is 10.3. The van der Waals surface area contributed by atoms with Crippen LogP contribution < -0.4 is 0 Å². The van der Waals surface area contributed by atoms with Crippen molar-refractivity contribution in [2.24, 2.45) is 16.7 Å². The van der Waals surface area contributed by atoms with Gasteiger partial charge in [0.05, 0.1) is 6.10 Å². The van der Waals surface area contributed by atoms with Crippen molar-refractivity contribution in [3.05, 3.63) is 0 Å². The van der Waals surface area contributed by atoms with E-state index in [0.717, 1.165) is 12.3 Å². The summed E-state index contributed by atoms with van der Waals surface area (Å²) in [6.45, 7) is 4.68. The lowest BCUT2D eigenvalue weighted by Crippen LogP contribution is -2.54. The number of epoxide rings is 1. The third-order valence-electron chi connectivity index (χ3n) is 6.86. The summed E-state index contributed by atoms with van der Waals surface area (Å²) in [5, 5.41) is 10.3. The van der Waals surface area contributed by atoms with Crippen LogP contribution in [0.5, 0.6) is 0 Å². The third-order valence-corrected chi connectivity index (χ3v) is 6.86. The zero-order valence-corrected chi connectivity index (χ0v) is 10.3. The van der Waals surface area contributed by atoms with Crippen LogP contribution in [0.2, 0.25) is 0 Å². The van der Waals surface area contributed by atoms with Crippen LogP contribution in [0.4, 0.5) is 0 Å². The maximum Gasteiger partial charge on any atom is 0.113 e. The lowest BCUT2D eigenvalue weighted by molar-refractivity contribution is -0.0513. The Bertz CT molecular complexity index is 355. The zero-order chi connectivity index (χ0) is 11.2. The van der Waals surface area contributed by atoms with E-state index in [1.807, 2.05) is 0 Å². The standard InChI is InChI=1S/C14H22O2/c1-9-4-7-14-6-3-5-13(9,14)8-10(15)11-12(14,2)16-11/h9-11,15H,3-8H2,1-2H3/t9?,10-,11+,12+,13+,14-/m0/s1. The van der Waals surface area contributed by atoms with E-state index in [1.165, 1.54) is 32.1 Å². The van der Waals surface area contributed by atoms with Crippen LogP contribution in [0.25, 0.3) is 0 Å². The highest BCUT2D eigenvalue weighted by atomic mass is 16.6. The summed E-state index contributed by atoms with van der Waals surface area (Å²) < 4.78 is 5.99. The van der Waals surface area contributed by atoms with Crippen LogP contribution in [0.15, 0.2) is 0 Å². The molecule has 1 heterocycles. The van der Waals surface area contributed by atoms with Crippen molar-refractivity contribution in [3.63, 3.8) is 0 Å². The van der Waals surface area contributed by atoms with Gasteiger partial charge in [0.2, 0.25) is 0 Å². The van der Waals surface area contributed by atoms with Crippen molar-refractivity contribution in [2.45, 2.75) is 70.2 Å². The van der Waals surface area contributed by atoms with Gasteiger partial charge in [-0.2, -0.15) is 0 Å². The average Bonchev–Trinajstić information content (AvgIpc) is 2.69. The van der Waals surface area contributed by atoms with E-state index in [4.69, 9.17) is 4.74 Å². The molecule has 1 unspecified atom stereocenters. The molecule has 6 atom stereocenters. The molecule has 1 N–H and O–H groups in total. The number of aliphatic hydroxyl groups is 1. The topological polar surface area (TPSA) is 32.8 Å². The molecule has 2 heteroatoms. The van der Waals surface area contributed by atoms with Gasteiger partial charge in [0.15, 0.2) is 0 Å². The Morgan fingerprint density at radius 3 is 2.88 bits per heavy atom. The summed E-state index contributed by atoms with van der Waals surface area (Å²) in [5.74, 6) is 0.784. The largest absolute Gasteiger partial charge is 0.390 e. The minimum atomic E-state index is -0.197. The number of aliphatic hydroxyl groups excluding tert-OH is 1. The van der Waals surface area contributed by atoms with Crippen LogP contribution in [-0.4, -0.2) is 22.9 Å². The Hall–Kier alpha value is -0.0800. The average molecular weight is 222 g/mol. The van der Waals surface area contributed by atoms with Gasteiger partial charge in [-0.15, -0.1) is 0 Å². The van der Waals surface area contributed by atoms with E-state index >= 15 is 0 Å². The van der Waals surface area contributed by atoms with Crippen molar-refractivity contribution in [1.29, 1.82) is 0 Å². The van der Waals surface area contributed by atoms with Gasteiger partial charge >= 0.3 is 0 Å². The monoisotopic (exact) mass is 222 g/mol. The molecule has 4 fully saturated rings. The molecule has 0 aromatic heterocycles. The van der Waals surface area contributed by atoms with Crippen molar-refractivity contribution >= 4 is 0 Å². The van der Waals surface area contributed by atoms with Crippen LogP contribution >= 0.6 is 0 Å². The van der Waals surface area contributed by atoms with Gasteiger partial charge in [-0.25, -0.2) is 0 Å². The van der Waals surface area contributed by atoms with E-state index in [2.05, 4.69) is 13.8 Å². The summed E-state index contributed by atoms with van der Waals surface area (Å²) in [4.78, 5) is 0. The predicted octanol–water partition coefficient (Wildman–Crippen LogP) is 2.50. The molecule has 0 aromatic rings.